The van der Waals surface area contributed by atoms with Crippen LogP contribution in [0.15, 0.2) is 107 Å². The summed E-state index contributed by atoms with van der Waals surface area (Å²) in [6.45, 7) is 14.9. The minimum atomic E-state index is -2.23. The Morgan fingerprint density at radius 3 is 0.974 bits per heavy atom. The van der Waals surface area contributed by atoms with Crippen molar-refractivity contribution in [3.05, 3.63) is 189 Å². The molecule has 0 radical (unpaired) electrons. The van der Waals surface area contributed by atoms with Crippen molar-refractivity contribution in [1.29, 1.82) is 0 Å². The highest BCUT2D eigenvalue weighted by Gasteiger charge is 2.39. The summed E-state index contributed by atoms with van der Waals surface area (Å²) in [7, 11) is 0. The average molecular weight is 1060 g/mol. The van der Waals surface area contributed by atoms with Gasteiger partial charge in [0, 0.05) is 50.4 Å². The maximum Gasteiger partial charge on any atom is 0.338 e. The van der Waals surface area contributed by atoms with Gasteiger partial charge in [-0.3, -0.25) is 10.0 Å². The summed E-state index contributed by atoms with van der Waals surface area (Å²) in [5, 5.41) is 10.3. The molecule has 2 aliphatic heterocycles. The lowest BCUT2D eigenvalue weighted by atomic mass is 9.97. The first-order valence-electron chi connectivity index (χ1n) is 24.4. The van der Waals surface area contributed by atoms with Crippen molar-refractivity contribution in [2.45, 2.75) is 66.5 Å². The van der Waals surface area contributed by atoms with Gasteiger partial charge in [-0.1, -0.05) is 48.5 Å². The van der Waals surface area contributed by atoms with E-state index in [0.717, 1.165) is 47.6 Å². The molecule has 2 heterocycles. The zero-order valence-corrected chi connectivity index (χ0v) is 42.1. The topological polar surface area (TPSA) is 90.3 Å². The van der Waals surface area contributed by atoms with Gasteiger partial charge in [-0.15, -0.1) is 0 Å². The van der Waals surface area contributed by atoms with Crippen LogP contribution < -0.4 is 19.8 Å². The first-order chi connectivity index (χ1) is 36.4. The van der Waals surface area contributed by atoms with Gasteiger partial charge in [0.05, 0.1) is 47.8 Å². The zero-order chi connectivity index (χ0) is 55.1. The van der Waals surface area contributed by atoms with Crippen molar-refractivity contribution < 1.29 is 63.0 Å². The van der Waals surface area contributed by atoms with Crippen molar-refractivity contribution in [1.82, 2.24) is 0 Å². The monoisotopic (exact) mass is 1060 g/mol. The highest BCUT2D eigenvalue weighted by Crippen LogP contribution is 2.43. The van der Waals surface area contributed by atoms with Crippen molar-refractivity contribution in [2.24, 2.45) is 10.2 Å². The Kier molecular flexibility index (Phi) is 17.8. The molecule has 0 aromatic heterocycles. The maximum atomic E-state index is 14.9. The van der Waals surface area contributed by atoms with Crippen LogP contribution in [0.4, 0.5) is 66.7 Å². The van der Waals surface area contributed by atoms with Gasteiger partial charge in [-0.05, 0) is 112 Å². The third-order valence-corrected chi connectivity index (χ3v) is 12.9. The van der Waals surface area contributed by atoms with E-state index in [1.54, 1.807) is 62.4 Å². The second-order valence-electron chi connectivity index (χ2n) is 17.2. The van der Waals surface area contributed by atoms with Crippen LogP contribution >= 0.6 is 0 Å². The Labute approximate surface area is 432 Å². The van der Waals surface area contributed by atoms with Gasteiger partial charge in [0.1, 0.15) is 11.4 Å². The predicted octanol–water partition coefficient (Wildman–Crippen LogP) is 13.5. The molecule has 0 saturated heterocycles. The molecule has 8 rings (SSSR count). The number of carbonyl (C=O) groups excluding carboxylic acids is 2. The summed E-state index contributed by atoms with van der Waals surface area (Å²) >= 11 is 0. The van der Waals surface area contributed by atoms with E-state index < -0.39 is 93.6 Å². The van der Waals surface area contributed by atoms with Gasteiger partial charge >= 0.3 is 11.9 Å². The van der Waals surface area contributed by atoms with Crippen molar-refractivity contribution in [2.75, 3.05) is 59.2 Å². The van der Waals surface area contributed by atoms with Crippen molar-refractivity contribution in [3.8, 4) is 0 Å². The summed E-state index contributed by atoms with van der Waals surface area (Å²) in [6, 6.07) is 25.1. The molecule has 6 aromatic carbocycles. The third kappa shape index (κ3) is 11.2. The fourth-order valence-electron chi connectivity index (χ4n) is 8.91. The molecule has 2 atom stereocenters. The molecular weight excluding hydrogens is 1010 g/mol. The van der Waals surface area contributed by atoms with E-state index >= 15 is 0 Å². The van der Waals surface area contributed by atoms with Gasteiger partial charge in [0.25, 0.3) is 0 Å². The molecule has 400 valence electrons. The highest BCUT2D eigenvalue weighted by molar-refractivity contribution is 6.05. The lowest BCUT2D eigenvalue weighted by Crippen LogP contribution is -2.24. The highest BCUT2D eigenvalue weighted by atomic mass is 19.2. The van der Waals surface area contributed by atoms with E-state index in [9.17, 15) is 53.5 Å². The number of anilines is 4. The van der Waals surface area contributed by atoms with Gasteiger partial charge in [0.2, 0.25) is 11.6 Å². The third-order valence-electron chi connectivity index (χ3n) is 12.9. The Balaban J connectivity index is 0.000000221. The summed E-state index contributed by atoms with van der Waals surface area (Å²) < 4.78 is 153. The minimum Gasteiger partial charge on any atom is -0.462 e. The first kappa shape index (κ1) is 55.8. The molecule has 0 aliphatic carbocycles. The average Bonchev–Trinajstić information content (AvgIpc) is 4.09. The number of hydrogen-bond donors (Lipinski definition) is 0. The number of esters is 2. The Bertz CT molecular complexity index is 2870. The number of hydrogen-bond acceptors (Lipinski definition) is 10. The number of nitrogens with zero attached hydrogens (tertiary/aromatic N) is 6. The van der Waals surface area contributed by atoms with Gasteiger partial charge in [-0.25, -0.2) is 53.5 Å². The van der Waals surface area contributed by atoms with Crippen LogP contribution in [0.25, 0.3) is 0 Å². The molecule has 6 aromatic rings. The van der Waals surface area contributed by atoms with Crippen LogP contribution in [0.3, 0.4) is 0 Å². The van der Waals surface area contributed by atoms with Crippen LogP contribution in [0.2, 0.25) is 0 Å². The molecule has 0 unspecified atom stereocenters. The van der Waals surface area contributed by atoms with Gasteiger partial charge in [-0.2, -0.15) is 10.2 Å². The molecule has 0 spiro atoms. The lowest BCUT2D eigenvalue weighted by molar-refractivity contribution is 0.0516. The van der Waals surface area contributed by atoms with Crippen LogP contribution in [-0.2, 0) is 9.47 Å². The first-order valence-corrected chi connectivity index (χ1v) is 24.4. The van der Waals surface area contributed by atoms with E-state index in [-0.39, 0.29) is 26.1 Å². The number of hydrazone groups is 2. The largest absolute Gasteiger partial charge is 0.462 e. The Hall–Kier alpha value is -7.90. The van der Waals surface area contributed by atoms with Crippen LogP contribution in [0.1, 0.15) is 109 Å². The zero-order valence-electron chi connectivity index (χ0n) is 42.1. The molecule has 0 saturated carbocycles. The van der Waals surface area contributed by atoms with Crippen LogP contribution in [0, 0.1) is 58.2 Å². The molecule has 2 aliphatic rings. The fraction of sp³-hybridized carbons (Fsp3) is 0.286. The lowest BCUT2D eigenvalue weighted by Gasteiger charge is -2.26. The second kappa shape index (κ2) is 24.2. The molecule has 10 nitrogen and oxygen atoms in total. The summed E-state index contributed by atoms with van der Waals surface area (Å²) in [6.07, 6.45) is 0.228. The number of ether oxygens (including phenoxy) is 2. The van der Waals surface area contributed by atoms with E-state index in [4.69, 9.17) is 9.47 Å². The molecule has 0 amide bonds. The number of carbonyl (C=O) groups is 2. The van der Waals surface area contributed by atoms with Crippen LogP contribution in [0.5, 0.6) is 0 Å². The van der Waals surface area contributed by atoms with E-state index in [0.29, 0.717) is 44.8 Å². The minimum absolute atomic E-state index is 0.114. The van der Waals surface area contributed by atoms with Crippen molar-refractivity contribution >= 4 is 46.1 Å². The summed E-state index contributed by atoms with van der Waals surface area (Å²) in [5.41, 5.74) is 3.09. The predicted molar refractivity (Wildman–Crippen MR) is 270 cm³/mol. The second-order valence-corrected chi connectivity index (χ2v) is 17.2. The van der Waals surface area contributed by atoms with Gasteiger partial charge < -0.3 is 19.3 Å². The Morgan fingerprint density at radius 1 is 0.434 bits per heavy atom. The fourth-order valence-corrected chi connectivity index (χ4v) is 8.91. The summed E-state index contributed by atoms with van der Waals surface area (Å²) in [5.74, 6) is -21.5. The number of halogens is 10. The van der Waals surface area contributed by atoms with E-state index in [1.807, 2.05) is 52.0 Å². The number of rotatable bonds is 16. The van der Waals surface area contributed by atoms with Gasteiger partial charge in [0.15, 0.2) is 46.5 Å². The van der Waals surface area contributed by atoms with E-state index in [2.05, 4.69) is 20.0 Å². The maximum absolute atomic E-state index is 14.9. The quantitative estimate of drug-likeness (QED) is 0.0410. The number of benzene rings is 6. The summed E-state index contributed by atoms with van der Waals surface area (Å²) in [4.78, 5) is 28.2. The van der Waals surface area contributed by atoms with Crippen LogP contribution in [-0.4, -0.2) is 62.8 Å². The van der Waals surface area contributed by atoms with Crippen molar-refractivity contribution in [3.63, 3.8) is 0 Å². The Morgan fingerprint density at radius 2 is 0.711 bits per heavy atom. The molecule has 0 N–H and O–H groups in total. The molecule has 0 fully saturated rings. The molecule has 20 heteroatoms. The molecule has 0 bridgehead atoms. The standard InChI is InChI=1S/2C28H26F5N3O2/c2*1-4-35(5-2)19-13-11-17(12-14-19)21-15-20(16-7-9-18(10-8-16)28(37)38-6-3)34-36(21)27-25(32)23(30)22(29)24(31)26(27)33/h2*7-14,21H,4-6,15H2,1-3H3/t2*21-/m10/s1. The normalized spacial score (nSPS) is 15.0. The van der Waals surface area contributed by atoms with E-state index in [1.165, 1.54) is 24.3 Å². The molecule has 76 heavy (non-hydrogen) atoms. The SMILES string of the molecule is CCOC(=O)c1ccc(C2=NN(c3c(F)c(F)c(F)c(F)c3F)[C@@H](c3ccc(N(CC)CC)cc3)C2)cc1.CCOC(=O)c1ccc(C2=NN(c3c(F)c(F)c(F)c(F)c3F)[C@H](c3ccc(N(CC)CC)cc3)C2)cc1. The smallest absolute Gasteiger partial charge is 0.338 e. The molecular formula is C56H52F10N6O4.